The first-order valence-corrected chi connectivity index (χ1v) is 6.81. The Morgan fingerprint density at radius 1 is 1.56 bits per heavy atom. The van der Waals surface area contributed by atoms with Gasteiger partial charge >= 0.3 is 5.97 Å². The van der Waals surface area contributed by atoms with Crippen LogP contribution < -0.4 is 5.32 Å². The summed E-state index contributed by atoms with van der Waals surface area (Å²) in [5.41, 5.74) is 0.175. The number of aryl methyl sites for hydroxylation is 1. The van der Waals surface area contributed by atoms with Crippen LogP contribution in [0.15, 0.2) is 5.38 Å². The molecule has 1 fully saturated rings. The van der Waals surface area contributed by atoms with Crippen LogP contribution in [0.3, 0.4) is 0 Å². The summed E-state index contributed by atoms with van der Waals surface area (Å²) in [5.74, 6) is -1.01. The van der Waals surface area contributed by atoms with E-state index in [1.54, 1.807) is 5.38 Å². The van der Waals surface area contributed by atoms with Gasteiger partial charge in [0.2, 0.25) is 0 Å². The highest BCUT2D eigenvalue weighted by molar-refractivity contribution is 7.09. The molecule has 1 saturated carbocycles. The number of hydrogen-bond donors (Lipinski definition) is 2. The molecule has 0 saturated heterocycles. The van der Waals surface area contributed by atoms with Gasteiger partial charge in [-0.2, -0.15) is 0 Å². The molecule has 0 unspecified atom stereocenters. The van der Waals surface area contributed by atoms with Crippen molar-refractivity contribution in [3.8, 4) is 0 Å². The average molecular weight is 268 g/mol. The zero-order chi connectivity index (χ0) is 13.2. The standard InChI is InChI=1S/C12H16N2O3S/c1-8-14-9(6-18-8)11(17)13-7-12(3-2-4-12)5-10(15)16/h6H,2-5,7H2,1H3,(H,13,17)(H,15,16). The number of aliphatic carboxylic acids is 1. The predicted molar refractivity (Wildman–Crippen MR) is 67.7 cm³/mol. The second-order valence-electron chi connectivity index (χ2n) is 4.86. The van der Waals surface area contributed by atoms with Crippen LogP contribution in [0, 0.1) is 12.3 Å². The number of rotatable bonds is 5. The zero-order valence-corrected chi connectivity index (χ0v) is 11.0. The van der Waals surface area contributed by atoms with Gasteiger partial charge in [-0.1, -0.05) is 6.42 Å². The molecule has 1 amide bonds. The van der Waals surface area contributed by atoms with E-state index in [2.05, 4.69) is 10.3 Å². The van der Waals surface area contributed by atoms with Gasteiger partial charge < -0.3 is 10.4 Å². The minimum atomic E-state index is -0.798. The normalized spacial score (nSPS) is 16.9. The molecule has 0 bridgehead atoms. The van der Waals surface area contributed by atoms with Gasteiger partial charge in [-0.25, -0.2) is 4.98 Å². The minimum Gasteiger partial charge on any atom is -0.481 e. The van der Waals surface area contributed by atoms with Crippen molar-refractivity contribution in [2.45, 2.75) is 32.6 Å². The Hall–Kier alpha value is -1.43. The molecule has 1 aliphatic carbocycles. The number of carbonyl (C=O) groups is 2. The Morgan fingerprint density at radius 3 is 2.72 bits per heavy atom. The Kier molecular flexibility index (Phi) is 3.65. The SMILES string of the molecule is Cc1nc(C(=O)NCC2(CC(=O)O)CCC2)cs1. The molecule has 18 heavy (non-hydrogen) atoms. The first-order chi connectivity index (χ1) is 8.51. The van der Waals surface area contributed by atoms with Crippen LogP contribution in [-0.2, 0) is 4.79 Å². The maximum atomic E-state index is 11.8. The first kappa shape index (κ1) is 13.0. The van der Waals surface area contributed by atoms with E-state index in [-0.39, 0.29) is 17.7 Å². The van der Waals surface area contributed by atoms with E-state index in [9.17, 15) is 9.59 Å². The third-order valence-corrected chi connectivity index (χ3v) is 4.19. The Bertz CT molecular complexity index is 466. The van der Waals surface area contributed by atoms with Crippen molar-refractivity contribution in [2.75, 3.05) is 6.54 Å². The van der Waals surface area contributed by atoms with E-state index in [4.69, 9.17) is 5.11 Å². The van der Waals surface area contributed by atoms with Crippen LogP contribution in [0.4, 0.5) is 0 Å². The van der Waals surface area contributed by atoms with E-state index in [1.165, 1.54) is 11.3 Å². The Balaban J connectivity index is 1.90. The van der Waals surface area contributed by atoms with E-state index in [0.29, 0.717) is 12.2 Å². The van der Waals surface area contributed by atoms with Gasteiger partial charge in [0.25, 0.3) is 5.91 Å². The van der Waals surface area contributed by atoms with E-state index in [0.717, 1.165) is 24.3 Å². The molecular formula is C12H16N2O3S. The van der Waals surface area contributed by atoms with Gasteiger partial charge in [0, 0.05) is 11.9 Å². The Labute approximate surface area is 109 Å². The van der Waals surface area contributed by atoms with Gasteiger partial charge in [0.15, 0.2) is 0 Å². The van der Waals surface area contributed by atoms with Crippen LogP contribution in [-0.4, -0.2) is 28.5 Å². The highest BCUT2D eigenvalue weighted by Gasteiger charge is 2.39. The second kappa shape index (κ2) is 5.06. The number of thiazole rings is 1. The fourth-order valence-corrected chi connectivity index (χ4v) is 2.83. The molecule has 1 aromatic heterocycles. The summed E-state index contributed by atoms with van der Waals surface area (Å²) >= 11 is 1.43. The second-order valence-corrected chi connectivity index (χ2v) is 5.92. The van der Waals surface area contributed by atoms with Crippen molar-refractivity contribution < 1.29 is 14.7 Å². The molecule has 1 aliphatic rings. The van der Waals surface area contributed by atoms with Gasteiger partial charge in [-0.05, 0) is 25.2 Å². The maximum Gasteiger partial charge on any atom is 0.303 e. The molecule has 0 spiro atoms. The number of carboxylic acids is 1. The topological polar surface area (TPSA) is 79.3 Å². The molecule has 0 aliphatic heterocycles. The van der Waals surface area contributed by atoms with Crippen molar-refractivity contribution in [2.24, 2.45) is 5.41 Å². The van der Waals surface area contributed by atoms with Crippen molar-refractivity contribution in [1.29, 1.82) is 0 Å². The smallest absolute Gasteiger partial charge is 0.303 e. The number of nitrogens with one attached hydrogen (secondary N) is 1. The predicted octanol–water partition coefficient (Wildman–Crippen LogP) is 1.83. The van der Waals surface area contributed by atoms with Gasteiger partial charge in [0.1, 0.15) is 5.69 Å². The average Bonchev–Trinajstić information content (AvgIpc) is 2.68. The highest BCUT2D eigenvalue weighted by atomic mass is 32.1. The summed E-state index contributed by atoms with van der Waals surface area (Å²) in [6.45, 7) is 2.27. The van der Waals surface area contributed by atoms with Crippen LogP contribution in [0.25, 0.3) is 0 Å². The zero-order valence-electron chi connectivity index (χ0n) is 10.2. The monoisotopic (exact) mass is 268 g/mol. The molecule has 0 aromatic carbocycles. The summed E-state index contributed by atoms with van der Waals surface area (Å²) in [6, 6.07) is 0. The van der Waals surface area contributed by atoms with Crippen LogP contribution >= 0.6 is 11.3 Å². The maximum absolute atomic E-state index is 11.8. The van der Waals surface area contributed by atoms with Crippen molar-refractivity contribution in [1.82, 2.24) is 10.3 Å². The number of carboxylic acid groups (broad SMARTS) is 1. The number of amides is 1. The fraction of sp³-hybridized carbons (Fsp3) is 0.583. The summed E-state index contributed by atoms with van der Waals surface area (Å²) in [5, 5.41) is 14.2. The third-order valence-electron chi connectivity index (χ3n) is 3.42. The minimum absolute atomic E-state index is 0.128. The highest BCUT2D eigenvalue weighted by Crippen LogP contribution is 2.43. The number of hydrogen-bond acceptors (Lipinski definition) is 4. The van der Waals surface area contributed by atoms with Crippen molar-refractivity contribution in [3.63, 3.8) is 0 Å². The van der Waals surface area contributed by atoms with Crippen LogP contribution in [0.5, 0.6) is 0 Å². The lowest BCUT2D eigenvalue weighted by Gasteiger charge is -2.40. The lowest BCUT2D eigenvalue weighted by Crippen LogP contribution is -2.43. The van der Waals surface area contributed by atoms with E-state index >= 15 is 0 Å². The summed E-state index contributed by atoms with van der Waals surface area (Å²) in [6.07, 6.45) is 2.91. The summed E-state index contributed by atoms with van der Waals surface area (Å²) < 4.78 is 0. The molecule has 2 N–H and O–H groups in total. The lowest BCUT2D eigenvalue weighted by molar-refractivity contribution is -0.141. The molecule has 0 atom stereocenters. The Morgan fingerprint density at radius 2 is 2.28 bits per heavy atom. The third kappa shape index (κ3) is 2.87. The van der Waals surface area contributed by atoms with E-state index in [1.807, 2.05) is 6.92 Å². The molecule has 1 heterocycles. The lowest BCUT2D eigenvalue weighted by atomic mass is 9.66. The molecule has 98 valence electrons. The van der Waals surface area contributed by atoms with Crippen molar-refractivity contribution >= 4 is 23.2 Å². The first-order valence-electron chi connectivity index (χ1n) is 5.93. The number of aromatic nitrogens is 1. The quantitative estimate of drug-likeness (QED) is 0.853. The molecular weight excluding hydrogens is 252 g/mol. The van der Waals surface area contributed by atoms with Crippen molar-refractivity contribution in [3.05, 3.63) is 16.1 Å². The molecule has 2 rings (SSSR count). The fourth-order valence-electron chi connectivity index (χ4n) is 2.24. The molecule has 0 radical (unpaired) electrons. The molecule has 6 heteroatoms. The molecule has 5 nitrogen and oxygen atoms in total. The van der Waals surface area contributed by atoms with Gasteiger partial charge in [-0.3, -0.25) is 9.59 Å². The largest absolute Gasteiger partial charge is 0.481 e. The van der Waals surface area contributed by atoms with Crippen LogP contribution in [0.2, 0.25) is 0 Å². The number of carbonyl (C=O) groups excluding carboxylic acids is 1. The summed E-state index contributed by atoms with van der Waals surface area (Å²) in [7, 11) is 0. The molecule has 1 aromatic rings. The van der Waals surface area contributed by atoms with Crippen LogP contribution in [0.1, 0.15) is 41.2 Å². The number of nitrogens with zero attached hydrogens (tertiary/aromatic N) is 1. The van der Waals surface area contributed by atoms with Gasteiger partial charge in [-0.15, -0.1) is 11.3 Å². The van der Waals surface area contributed by atoms with Gasteiger partial charge in [0.05, 0.1) is 11.4 Å². The summed E-state index contributed by atoms with van der Waals surface area (Å²) in [4.78, 5) is 26.7. The van der Waals surface area contributed by atoms with E-state index < -0.39 is 5.97 Å².